The van der Waals surface area contributed by atoms with E-state index in [2.05, 4.69) is 5.32 Å². The van der Waals surface area contributed by atoms with Crippen molar-refractivity contribution in [2.75, 3.05) is 16.9 Å². The van der Waals surface area contributed by atoms with Crippen LogP contribution in [-0.4, -0.2) is 33.8 Å². The maximum atomic E-state index is 14.3. The lowest BCUT2D eigenvalue weighted by atomic mass is 10.1. The van der Waals surface area contributed by atoms with Crippen LogP contribution in [0.5, 0.6) is 5.75 Å². The second-order valence-electron chi connectivity index (χ2n) is 7.15. The molecule has 2 aromatic carbocycles. The fourth-order valence-electron chi connectivity index (χ4n) is 3.49. The lowest BCUT2D eigenvalue weighted by Crippen LogP contribution is -2.44. The summed E-state index contributed by atoms with van der Waals surface area (Å²) in [5.74, 6) is 0.196. The Morgan fingerprint density at radius 3 is 2.71 bits per heavy atom. The highest BCUT2D eigenvalue weighted by Crippen LogP contribution is 2.39. The number of rotatable bonds is 5. The molecular weight excluding hydrogens is 490 g/mol. The van der Waals surface area contributed by atoms with Crippen molar-refractivity contribution in [3.8, 4) is 5.75 Å². The lowest BCUT2D eigenvalue weighted by molar-refractivity contribution is 0.0736. The van der Waals surface area contributed by atoms with Crippen molar-refractivity contribution >= 4 is 61.7 Å². The zero-order valence-electron chi connectivity index (χ0n) is 16.2. The molecule has 11 heteroatoms. The van der Waals surface area contributed by atoms with Crippen molar-refractivity contribution in [3.63, 3.8) is 0 Å². The van der Waals surface area contributed by atoms with Crippen LogP contribution in [0.4, 0.5) is 10.1 Å². The molecule has 0 unspecified atom stereocenters. The van der Waals surface area contributed by atoms with E-state index in [0.717, 1.165) is 0 Å². The number of hydrogen-bond acceptors (Lipinski definition) is 5. The second kappa shape index (κ2) is 8.67. The summed E-state index contributed by atoms with van der Waals surface area (Å²) in [4.78, 5) is -0.200. The van der Waals surface area contributed by atoms with Gasteiger partial charge >= 0.3 is 0 Å². The van der Waals surface area contributed by atoms with Gasteiger partial charge in [-0.25, -0.2) is 4.39 Å². The van der Waals surface area contributed by atoms with Crippen LogP contribution >= 0.6 is 35.0 Å². The van der Waals surface area contributed by atoms with E-state index in [0.29, 0.717) is 27.8 Å². The number of halogens is 4. The van der Waals surface area contributed by atoms with Gasteiger partial charge in [-0.3, -0.25) is 0 Å². The Kier molecular flexibility index (Phi) is 6.29. The normalized spacial score (nSPS) is 19.5. The van der Waals surface area contributed by atoms with Crippen molar-refractivity contribution in [2.45, 2.75) is 30.5 Å². The molecule has 0 bridgehead atoms. The predicted octanol–water partition coefficient (Wildman–Crippen LogP) is 5.48. The average Bonchev–Trinajstić information content (AvgIpc) is 3.21. The molecule has 0 saturated carbocycles. The second-order valence-corrected chi connectivity index (χ2v) is 10.2. The summed E-state index contributed by atoms with van der Waals surface area (Å²) in [7, 11) is -4.28. The van der Waals surface area contributed by atoms with Gasteiger partial charge in [0, 0.05) is 34.8 Å². The number of sulfonamides is 1. The van der Waals surface area contributed by atoms with Gasteiger partial charge in [-0.2, -0.15) is 12.2 Å². The van der Waals surface area contributed by atoms with E-state index in [1.165, 1.54) is 37.5 Å². The molecule has 1 aliphatic heterocycles. The third kappa shape index (κ3) is 4.19. The maximum absolute atomic E-state index is 14.3. The van der Waals surface area contributed by atoms with Crippen LogP contribution in [0, 0.1) is 6.92 Å². The number of nitrogens with zero attached hydrogens (tertiary/aromatic N) is 1. The minimum Gasteiger partial charge on any atom is -0.483 e. The lowest BCUT2D eigenvalue weighted by Gasteiger charge is -2.27. The predicted molar refractivity (Wildman–Crippen MR) is 120 cm³/mol. The van der Waals surface area contributed by atoms with Gasteiger partial charge in [0.15, 0.2) is 11.3 Å². The highest BCUT2D eigenvalue weighted by molar-refractivity contribution is 7.94. The maximum Gasteiger partial charge on any atom is 0.279 e. The Morgan fingerprint density at radius 2 is 1.97 bits per heavy atom. The Balaban J connectivity index is 1.77. The monoisotopic (exact) mass is 506 g/mol. The summed E-state index contributed by atoms with van der Waals surface area (Å²) in [6, 6.07) is 7.46. The van der Waals surface area contributed by atoms with Gasteiger partial charge in [0.05, 0.1) is 17.0 Å². The summed E-state index contributed by atoms with van der Waals surface area (Å²) in [6.07, 6.45) is -0.0313. The Morgan fingerprint density at radius 1 is 1.23 bits per heavy atom. The number of benzene rings is 2. The topological polar surface area (TPSA) is 71.8 Å². The third-order valence-corrected chi connectivity index (χ3v) is 8.34. The van der Waals surface area contributed by atoms with E-state index in [1.54, 1.807) is 6.07 Å². The zero-order chi connectivity index (χ0) is 22.3. The summed E-state index contributed by atoms with van der Waals surface area (Å²) in [6.45, 7) is 2.32. The quantitative estimate of drug-likeness (QED) is 0.463. The van der Waals surface area contributed by atoms with E-state index < -0.39 is 22.3 Å². The van der Waals surface area contributed by atoms with Crippen molar-refractivity contribution in [1.29, 1.82) is 0 Å². The number of hydrogen-bond donors (Lipinski definition) is 1. The molecule has 1 aliphatic rings. The molecule has 4 rings (SSSR count). The van der Waals surface area contributed by atoms with E-state index in [4.69, 9.17) is 44.1 Å². The Labute approximate surface area is 194 Å². The van der Waals surface area contributed by atoms with Gasteiger partial charge in [-0.15, -0.1) is 0 Å². The van der Waals surface area contributed by atoms with Crippen LogP contribution in [0.25, 0.3) is 11.0 Å². The van der Waals surface area contributed by atoms with Gasteiger partial charge in [0.1, 0.15) is 17.2 Å². The van der Waals surface area contributed by atoms with Gasteiger partial charge in [0.25, 0.3) is 10.0 Å². The fraction of sp³-hybridized carbons (Fsp3) is 0.300. The molecular formula is C20H18Cl3FN2O4S. The summed E-state index contributed by atoms with van der Waals surface area (Å²) >= 11 is 18.6. The minimum atomic E-state index is -4.28. The van der Waals surface area contributed by atoms with Crippen molar-refractivity contribution < 1.29 is 22.0 Å². The zero-order valence-corrected chi connectivity index (χ0v) is 19.3. The van der Waals surface area contributed by atoms with Gasteiger partial charge < -0.3 is 14.5 Å². The highest BCUT2D eigenvalue weighted by atomic mass is 35.5. The van der Waals surface area contributed by atoms with Crippen LogP contribution in [0.15, 0.2) is 45.9 Å². The molecule has 1 N–H and O–H groups in total. The molecule has 0 amide bonds. The van der Waals surface area contributed by atoms with Crippen molar-refractivity contribution in [2.24, 2.45) is 0 Å². The van der Waals surface area contributed by atoms with Crippen LogP contribution in [-0.2, 0) is 10.0 Å². The summed E-state index contributed by atoms with van der Waals surface area (Å²) < 4.78 is 52.8. The molecule has 1 aromatic heterocycles. The first-order chi connectivity index (χ1) is 14.7. The molecule has 31 heavy (non-hydrogen) atoms. The molecule has 1 fully saturated rings. The third-order valence-electron chi connectivity index (χ3n) is 5.09. The van der Waals surface area contributed by atoms with Crippen LogP contribution in [0.1, 0.15) is 12.0 Å². The molecule has 2 heterocycles. The molecule has 3 aromatic rings. The molecule has 0 radical (unpaired) electrons. The number of anilines is 1. The van der Waals surface area contributed by atoms with Crippen molar-refractivity contribution in [1.82, 2.24) is 5.32 Å². The van der Waals surface area contributed by atoms with E-state index >= 15 is 0 Å². The molecule has 1 saturated heterocycles. The number of ether oxygens (including phenoxy) is 1. The van der Waals surface area contributed by atoms with E-state index in [-0.39, 0.29) is 38.5 Å². The summed E-state index contributed by atoms with van der Waals surface area (Å²) in [5, 5.41) is 3.73. The SMILES string of the molecule is Cc1c(Cl)ccc(Cl)c1S(=O)(=O)N(Cl)c1cc(O[C@@H]2CCNC[C@H]2F)c2occc2c1. The first-order valence-electron chi connectivity index (χ1n) is 9.38. The average molecular weight is 508 g/mol. The summed E-state index contributed by atoms with van der Waals surface area (Å²) in [5.41, 5.74) is 0.731. The van der Waals surface area contributed by atoms with Crippen molar-refractivity contribution in [3.05, 3.63) is 52.2 Å². The molecule has 2 atom stereocenters. The highest BCUT2D eigenvalue weighted by Gasteiger charge is 2.31. The number of nitrogens with one attached hydrogen (secondary N) is 1. The van der Waals surface area contributed by atoms with E-state index in [9.17, 15) is 12.8 Å². The largest absolute Gasteiger partial charge is 0.483 e. The standard InChI is InChI=1S/C20H18Cl3FN2O4S/c1-11-14(21)2-3-15(22)20(11)31(27,28)26(23)13-8-12-5-7-29-19(12)18(9-13)30-17-4-6-25-10-16(17)24/h2-3,5,7-9,16-17,25H,4,6,10H2,1H3/t16-,17-/m1/s1. The van der Waals surface area contributed by atoms with E-state index in [1.807, 2.05) is 0 Å². The molecule has 166 valence electrons. The van der Waals surface area contributed by atoms with Gasteiger partial charge in [-0.05, 0) is 49.7 Å². The van der Waals surface area contributed by atoms with Crippen LogP contribution in [0.3, 0.4) is 0 Å². The Bertz CT molecular complexity index is 1230. The number of fused-ring (bicyclic) bond motifs is 1. The fourth-order valence-corrected chi connectivity index (χ4v) is 5.86. The molecule has 6 nitrogen and oxygen atoms in total. The number of piperidine rings is 1. The first-order valence-corrected chi connectivity index (χ1v) is 11.9. The van der Waals surface area contributed by atoms with Gasteiger partial charge in [0.2, 0.25) is 0 Å². The molecule has 0 aliphatic carbocycles. The minimum absolute atomic E-state index is 0.0108. The smallest absolute Gasteiger partial charge is 0.279 e. The number of furan rings is 1. The van der Waals surface area contributed by atoms with Crippen LogP contribution in [0.2, 0.25) is 10.0 Å². The molecule has 0 spiro atoms. The van der Waals surface area contributed by atoms with Crippen LogP contribution < -0.4 is 13.9 Å². The number of alkyl halides is 1. The first kappa shape index (κ1) is 22.5. The Hall–Kier alpha value is -1.71. The van der Waals surface area contributed by atoms with Gasteiger partial charge in [-0.1, -0.05) is 23.2 Å².